The summed E-state index contributed by atoms with van der Waals surface area (Å²) in [5.41, 5.74) is 0.739. The lowest BCUT2D eigenvalue weighted by Crippen LogP contribution is -2.44. The molecular weight excluding hydrogens is 280 g/mol. The van der Waals surface area contributed by atoms with Gasteiger partial charge >= 0.3 is 0 Å². The van der Waals surface area contributed by atoms with Crippen LogP contribution < -0.4 is 5.43 Å². The van der Waals surface area contributed by atoms with Crippen molar-refractivity contribution in [3.05, 3.63) is 46.2 Å². The van der Waals surface area contributed by atoms with E-state index in [4.69, 9.17) is 4.74 Å². The minimum Gasteiger partial charge on any atom is -0.377 e. The third-order valence-corrected chi connectivity index (χ3v) is 4.09. The van der Waals surface area contributed by atoms with E-state index in [9.17, 15) is 9.59 Å². The Morgan fingerprint density at radius 1 is 1.41 bits per heavy atom. The van der Waals surface area contributed by atoms with Crippen molar-refractivity contribution in [2.45, 2.75) is 25.9 Å². The molecule has 1 aromatic heterocycles. The first-order chi connectivity index (χ1) is 10.7. The number of amides is 1. The van der Waals surface area contributed by atoms with Gasteiger partial charge < -0.3 is 14.6 Å². The molecule has 0 radical (unpaired) electrons. The van der Waals surface area contributed by atoms with Crippen molar-refractivity contribution in [3.8, 4) is 0 Å². The number of hydrogen-bond donors (Lipinski definition) is 1. The average molecular weight is 300 g/mol. The smallest absolute Gasteiger partial charge is 0.259 e. The molecule has 22 heavy (non-hydrogen) atoms. The van der Waals surface area contributed by atoms with E-state index in [-0.39, 0.29) is 23.0 Å². The highest BCUT2D eigenvalue weighted by Crippen LogP contribution is 2.16. The molecule has 0 saturated carbocycles. The minimum absolute atomic E-state index is 0.0715. The second-order valence-corrected chi connectivity index (χ2v) is 5.55. The second kappa shape index (κ2) is 6.32. The van der Waals surface area contributed by atoms with Gasteiger partial charge in [-0.15, -0.1) is 0 Å². The number of H-pyrrole nitrogens is 1. The molecule has 0 spiro atoms. The van der Waals surface area contributed by atoms with Crippen molar-refractivity contribution >= 4 is 16.8 Å². The number of pyridine rings is 1. The summed E-state index contributed by atoms with van der Waals surface area (Å²) < 4.78 is 5.62. The monoisotopic (exact) mass is 300 g/mol. The summed E-state index contributed by atoms with van der Waals surface area (Å²) in [7, 11) is 0. The van der Waals surface area contributed by atoms with Gasteiger partial charge in [0.15, 0.2) is 0 Å². The largest absolute Gasteiger partial charge is 0.377 e. The molecular formula is C17H20N2O3. The van der Waals surface area contributed by atoms with E-state index in [0.29, 0.717) is 25.1 Å². The van der Waals surface area contributed by atoms with Gasteiger partial charge in [0, 0.05) is 36.8 Å². The second-order valence-electron chi connectivity index (χ2n) is 5.55. The Morgan fingerprint density at radius 2 is 2.23 bits per heavy atom. The van der Waals surface area contributed by atoms with Gasteiger partial charge in [0.2, 0.25) is 5.43 Å². The van der Waals surface area contributed by atoms with Crippen molar-refractivity contribution in [2.24, 2.45) is 0 Å². The SMILES string of the molecule is CCOC1CCCN(C(=O)c2c[nH]c3ccccc3c2=O)C1. The van der Waals surface area contributed by atoms with Crippen molar-refractivity contribution in [2.75, 3.05) is 19.7 Å². The molecule has 1 aliphatic rings. The number of carbonyl (C=O) groups is 1. The molecule has 1 unspecified atom stereocenters. The number of rotatable bonds is 3. The number of nitrogens with one attached hydrogen (secondary N) is 1. The number of para-hydroxylation sites is 1. The summed E-state index contributed by atoms with van der Waals surface area (Å²) in [5, 5.41) is 0.548. The fourth-order valence-corrected chi connectivity index (χ4v) is 2.99. The molecule has 1 aliphatic heterocycles. The van der Waals surface area contributed by atoms with Crippen LogP contribution in [0.1, 0.15) is 30.1 Å². The number of aromatic nitrogens is 1. The van der Waals surface area contributed by atoms with Crippen LogP contribution in [0.2, 0.25) is 0 Å². The number of likely N-dealkylation sites (tertiary alicyclic amines) is 1. The van der Waals surface area contributed by atoms with Gasteiger partial charge in [-0.2, -0.15) is 0 Å². The number of carbonyl (C=O) groups excluding carboxylic acids is 1. The zero-order valence-corrected chi connectivity index (χ0v) is 12.7. The first kappa shape index (κ1) is 14.8. The average Bonchev–Trinajstić information content (AvgIpc) is 2.55. The quantitative estimate of drug-likeness (QED) is 0.945. The first-order valence-corrected chi connectivity index (χ1v) is 7.72. The molecule has 5 heteroatoms. The Kier molecular flexibility index (Phi) is 4.24. The standard InChI is InChI=1S/C17H20N2O3/c1-2-22-12-6-5-9-19(11-12)17(21)14-10-18-15-8-4-3-7-13(15)16(14)20/h3-4,7-8,10,12H,2,5-6,9,11H2,1H3,(H,18,20). The van der Waals surface area contributed by atoms with E-state index in [2.05, 4.69) is 4.98 Å². The molecule has 5 nitrogen and oxygen atoms in total. The topological polar surface area (TPSA) is 62.4 Å². The molecule has 1 N–H and O–H groups in total. The van der Waals surface area contributed by atoms with E-state index in [1.54, 1.807) is 17.0 Å². The van der Waals surface area contributed by atoms with E-state index < -0.39 is 0 Å². The van der Waals surface area contributed by atoms with Gasteiger partial charge in [-0.1, -0.05) is 12.1 Å². The van der Waals surface area contributed by atoms with Gasteiger partial charge in [0.25, 0.3) is 5.91 Å². The van der Waals surface area contributed by atoms with Crippen molar-refractivity contribution < 1.29 is 9.53 Å². The van der Waals surface area contributed by atoms with Crippen molar-refractivity contribution in [3.63, 3.8) is 0 Å². The molecule has 1 saturated heterocycles. The molecule has 1 fully saturated rings. The third kappa shape index (κ3) is 2.76. The van der Waals surface area contributed by atoms with Crippen molar-refractivity contribution in [1.82, 2.24) is 9.88 Å². The normalized spacial score (nSPS) is 18.6. The lowest BCUT2D eigenvalue weighted by atomic mass is 10.1. The summed E-state index contributed by atoms with van der Waals surface area (Å²) in [4.78, 5) is 29.9. The minimum atomic E-state index is -0.212. The van der Waals surface area contributed by atoms with E-state index in [0.717, 1.165) is 18.4 Å². The van der Waals surface area contributed by atoms with E-state index in [1.165, 1.54) is 6.20 Å². The van der Waals surface area contributed by atoms with E-state index >= 15 is 0 Å². The van der Waals surface area contributed by atoms with Crippen LogP contribution in [0.15, 0.2) is 35.3 Å². The maximum atomic E-state index is 12.7. The molecule has 116 valence electrons. The fourth-order valence-electron chi connectivity index (χ4n) is 2.99. The number of fused-ring (bicyclic) bond motifs is 1. The van der Waals surface area contributed by atoms with Gasteiger partial charge in [0.05, 0.1) is 6.10 Å². The van der Waals surface area contributed by atoms with Gasteiger partial charge in [-0.3, -0.25) is 9.59 Å². The number of hydrogen-bond acceptors (Lipinski definition) is 3. The number of ether oxygens (including phenoxy) is 1. The van der Waals surface area contributed by atoms with Gasteiger partial charge in [-0.05, 0) is 31.9 Å². The summed E-state index contributed by atoms with van der Waals surface area (Å²) in [6.07, 6.45) is 3.47. The van der Waals surface area contributed by atoms with Crippen LogP contribution in [0.25, 0.3) is 10.9 Å². The van der Waals surface area contributed by atoms with Crippen LogP contribution in [-0.4, -0.2) is 41.6 Å². The number of benzene rings is 1. The van der Waals surface area contributed by atoms with Crippen LogP contribution in [0.5, 0.6) is 0 Å². The Hall–Kier alpha value is -2.14. The highest BCUT2D eigenvalue weighted by atomic mass is 16.5. The zero-order chi connectivity index (χ0) is 15.5. The lowest BCUT2D eigenvalue weighted by Gasteiger charge is -2.32. The van der Waals surface area contributed by atoms with Gasteiger partial charge in [0.1, 0.15) is 5.56 Å². The predicted octanol–water partition coefficient (Wildman–Crippen LogP) is 2.17. The van der Waals surface area contributed by atoms with Crippen LogP contribution >= 0.6 is 0 Å². The molecule has 3 rings (SSSR count). The maximum Gasteiger partial charge on any atom is 0.259 e. The lowest BCUT2D eigenvalue weighted by molar-refractivity contribution is 0.00719. The van der Waals surface area contributed by atoms with Crippen LogP contribution in [-0.2, 0) is 4.74 Å². The summed E-state index contributed by atoms with van der Waals surface area (Å²) in [6.45, 7) is 3.83. The highest BCUT2D eigenvalue weighted by Gasteiger charge is 2.26. The third-order valence-electron chi connectivity index (χ3n) is 4.09. The molecule has 0 aliphatic carbocycles. The molecule has 1 atom stereocenters. The molecule has 2 heterocycles. The number of nitrogens with zero attached hydrogens (tertiary/aromatic N) is 1. The molecule has 2 aromatic rings. The van der Waals surface area contributed by atoms with E-state index in [1.807, 2.05) is 19.1 Å². The Labute approximate surface area is 128 Å². The summed E-state index contributed by atoms with van der Waals surface area (Å²) in [6, 6.07) is 7.23. The van der Waals surface area contributed by atoms with Crippen LogP contribution in [0.3, 0.4) is 0 Å². The van der Waals surface area contributed by atoms with Crippen molar-refractivity contribution in [1.29, 1.82) is 0 Å². The molecule has 1 amide bonds. The molecule has 0 bridgehead atoms. The number of aromatic amines is 1. The van der Waals surface area contributed by atoms with Crippen LogP contribution in [0, 0.1) is 0 Å². The first-order valence-electron chi connectivity index (χ1n) is 7.72. The zero-order valence-electron chi connectivity index (χ0n) is 12.7. The Balaban J connectivity index is 1.89. The van der Waals surface area contributed by atoms with Gasteiger partial charge in [-0.25, -0.2) is 0 Å². The van der Waals surface area contributed by atoms with Crippen LogP contribution in [0.4, 0.5) is 0 Å². The highest BCUT2D eigenvalue weighted by molar-refractivity contribution is 5.97. The predicted molar refractivity (Wildman–Crippen MR) is 85.1 cm³/mol. The molecule has 1 aromatic carbocycles. The summed E-state index contributed by atoms with van der Waals surface area (Å²) in [5.74, 6) is -0.212. The Bertz CT molecular complexity index is 736. The fraction of sp³-hybridized carbons (Fsp3) is 0.412. The maximum absolute atomic E-state index is 12.7. The summed E-state index contributed by atoms with van der Waals surface area (Å²) >= 11 is 0. The Morgan fingerprint density at radius 3 is 3.05 bits per heavy atom. The number of piperidine rings is 1.